The van der Waals surface area contributed by atoms with Crippen molar-refractivity contribution in [3.8, 4) is 0 Å². The van der Waals surface area contributed by atoms with Crippen molar-refractivity contribution in [2.75, 3.05) is 6.61 Å². The number of urea groups is 1. The van der Waals surface area contributed by atoms with Gasteiger partial charge in [-0.3, -0.25) is 4.98 Å². The number of aromatic nitrogens is 1. The minimum absolute atomic E-state index is 0.124. The van der Waals surface area contributed by atoms with Gasteiger partial charge in [0, 0.05) is 24.3 Å². The van der Waals surface area contributed by atoms with E-state index < -0.39 is 0 Å². The zero-order valence-electron chi connectivity index (χ0n) is 12.4. The van der Waals surface area contributed by atoms with Crippen molar-refractivity contribution in [2.24, 2.45) is 17.8 Å². The maximum absolute atomic E-state index is 12.1. The highest BCUT2D eigenvalue weighted by atomic mass is 16.3. The molecule has 2 saturated carbocycles. The Kier molecular flexibility index (Phi) is 4.10. The molecule has 114 valence electrons. The van der Waals surface area contributed by atoms with Gasteiger partial charge in [-0.05, 0) is 50.2 Å². The summed E-state index contributed by atoms with van der Waals surface area (Å²) >= 11 is 0. The van der Waals surface area contributed by atoms with Crippen LogP contribution in [0, 0.1) is 24.7 Å². The molecule has 1 aromatic heterocycles. The number of nitrogens with one attached hydrogen (secondary N) is 2. The summed E-state index contributed by atoms with van der Waals surface area (Å²) in [4.78, 5) is 16.4. The van der Waals surface area contributed by atoms with Gasteiger partial charge in [0.05, 0.1) is 12.2 Å². The van der Waals surface area contributed by atoms with Gasteiger partial charge in [0.1, 0.15) is 0 Å². The Hall–Kier alpha value is -1.62. The van der Waals surface area contributed by atoms with Crippen LogP contribution in [0.1, 0.15) is 30.7 Å². The zero-order valence-corrected chi connectivity index (χ0v) is 12.4. The lowest BCUT2D eigenvalue weighted by Crippen LogP contribution is -2.48. The monoisotopic (exact) mass is 289 g/mol. The van der Waals surface area contributed by atoms with Crippen LogP contribution < -0.4 is 10.6 Å². The topological polar surface area (TPSA) is 74.2 Å². The molecule has 1 aromatic rings. The molecule has 0 radical (unpaired) electrons. The van der Waals surface area contributed by atoms with Crippen molar-refractivity contribution >= 4 is 6.03 Å². The molecule has 2 aliphatic carbocycles. The third-order valence-corrected chi connectivity index (χ3v) is 4.97. The average molecular weight is 289 g/mol. The van der Waals surface area contributed by atoms with E-state index >= 15 is 0 Å². The van der Waals surface area contributed by atoms with E-state index in [9.17, 15) is 9.90 Å². The average Bonchev–Trinajstić information content (AvgIpc) is 3.06. The molecule has 2 fully saturated rings. The molecule has 5 nitrogen and oxygen atoms in total. The van der Waals surface area contributed by atoms with Crippen LogP contribution in [-0.2, 0) is 6.54 Å². The number of fused-ring (bicyclic) bond motifs is 2. The molecule has 4 unspecified atom stereocenters. The Balaban J connectivity index is 1.52. The first-order valence-electron chi connectivity index (χ1n) is 7.75. The molecule has 0 aliphatic heterocycles. The second-order valence-electron chi connectivity index (χ2n) is 6.30. The Labute approximate surface area is 125 Å². The summed E-state index contributed by atoms with van der Waals surface area (Å²) in [6.07, 6.45) is 3.52. The summed E-state index contributed by atoms with van der Waals surface area (Å²) < 4.78 is 0. The van der Waals surface area contributed by atoms with Crippen LogP contribution in [0.15, 0.2) is 18.2 Å². The van der Waals surface area contributed by atoms with E-state index in [-0.39, 0.29) is 24.6 Å². The number of aryl methyl sites for hydroxylation is 1. The molecule has 5 heteroatoms. The van der Waals surface area contributed by atoms with E-state index in [1.165, 1.54) is 12.8 Å². The third kappa shape index (κ3) is 3.02. The molecule has 2 aliphatic rings. The van der Waals surface area contributed by atoms with Gasteiger partial charge in [0.2, 0.25) is 0 Å². The van der Waals surface area contributed by atoms with Crippen molar-refractivity contribution in [1.82, 2.24) is 15.6 Å². The van der Waals surface area contributed by atoms with Gasteiger partial charge in [-0.15, -0.1) is 0 Å². The van der Waals surface area contributed by atoms with E-state index in [0.717, 1.165) is 17.8 Å². The Morgan fingerprint density at radius 2 is 2.19 bits per heavy atom. The number of aliphatic hydroxyl groups is 1. The third-order valence-electron chi connectivity index (χ3n) is 4.97. The molecule has 0 saturated heterocycles. The minimum atomic E-state index is -0.158. The summed E-state index contributed by atoms with van der Waals surface area (Å²) in [6.45, 7) is 2.54. The molecular formula is C16H23N3O2. The fourth-order valence-electron chi connectivity index (χ4n) is 3.97. The van der Waals surface area contributed by atoms with Gasteiger partial charge in [0.15, 0.2) is 0 Å². The number of amides is 2. The zero-order chi connectivity index (χ0) is 14.8. The second-order valence-corrected chi connectivity index (χ2v) is 6.30. The van der Waals surface area contributed by atoms with Crippen LogP contribution in [0.4, 0.5) is 4.79 Å². The lowest BCUT2D eigenvalue weighted by atomic mass is 9.85. The molecule has 1 heterocycles. The predicted molar refractivity (Wildman–Crippen MR) is 79.5 cm³/mol. The molecule has 2 amide bonds. The van der Waals surface area contributed by atoms with E-state index in [1.54, 1.807) is 0 Å². The second kappa shape index (κ2) is 6.02. The van der Waals surface area contributed by atoms with Crippen molar-refractivity contribution in [2.45, 2.75) is 38.8 Å². The van der Waals surface area contributed by atoms with Gasteiger partial charge in [-0.2, -0.15) is 0 Å². The molecular weight excluding hydrogens is 266 g/mol. The van der Waals surface area contributed by atoms with Crippen LogP contribution >= 0.6 is 0 Å². The first-order chi connectivity index (χ1) is 10.2. The maximum Gasteiger partial charge on any atom is 0.315 e. The fraction of sp³-hybridized carbons (Fsp3) is 0.625. The fourth-order valence-corrected chi connectivity index (χ4v) is 3.97. The SMILES string of the molecule is Cc1cccc(CNC(=O)NC2C3CCC(C3)C2CO)n1. The van der Waals surface area contributed by atoms with Crippen LogP contribution in [0.3, 0.4) is 0 Å². The van der Waals surface area contributed by atoms with Crippen molar-refractivity contribution in [1.29, 1.82) is 0 Å². The summed E-state index contributed by atoms with van der Waals surface area (Å²) in [5, 5.41) is 15.4. The number of carbonyl (C=O) groups excluding carboxylic acids is 1. The summed E-state index contributed by atoms with van der Waals surface area (Å²) in [7, 11) is 0. The number of rotatable bonds is 4. The number of pyridine rings is 1. The van der Waals surface area contributed by atoms with E-state index in [0.29, 0.717) is 18.4 Å². The van der Waals surface area contributed by atoms with Gasteiger partial charge in [-0.1, -0.05) is 6.07 Å². The first kappa shape index (κ1) is 14.3. The largest absolute Gasteiger partial charge is 0.396 e. The molecule has 2 bridgehead atoms. The predicted octanol–water partition coefficient (Wildman–Crippen LogP) is 1.60. The molecule has 4 atom stereocenters. The van der Waals surface area contributed by atoms with Crippen molar-refractivity contribution in [3.63, 3.8) is 0 Å². The molecule has 3 N–H and O–H groups in total. The highest BCUT2D eigenvalue weighted by molar-refractivity contribution is 5.74. The van der Waals surface area contributed by atoms with Crippen LogP contribution in [0.5, 0.6) is 0 Å². The molecule has 0 aromatic carbocycles. The van der Waals surface area contributed by atoms with E-state index in [1.807, 2.05) is 25.1 Å². The number of carbonyl (C=O) groups is 1. The highest BCUT2D eigenvalue weighted by Gasteiger charge is 2.47. The van der Waals surface area contributed by atoms with Crippen LogP contribution in [0.2, 0.25) is 0 Å². The van der Waals surface area contributed by atoms with Gasteiger partial charge < -0.3 is 15.7 Å². The van der Waals surface area contributed by atoms with E-state index in [4.69, 9.17) is 0 Å². The molecule has 21 heavy (non-hydrogen) atoms. The van der Waals surface area contributed by atoms with Crippen LogP contribution in [0.25, 0.3) is 0 Å². The lowest BCUT2D eigenvalue weighted by Gasteiger charge is -2.30. The highest BCUT2D eigenvalue weighted by Crippen LogP contribution is 2.48. The summed E-state index contributed by atoms with van der Waals surface area (Å²) in [5.41, 5.74) is 1.81. The van der Waals surface area contributed by atoms with Gasteiger partial charge >= 0.3 is 6.03 Å². The standard InChI is InChI=1S/C16H23N3O2/c1-10-3-2-4-13(18-10)8-17-16(21)19-15-12-6-5-11(7-12)14(15)9-20/h2-4,11-12,14-15,20H,5-9H2,1H3,(H2,17,19,21). The van der Waals surface area contributed by atoms with Crippen LogP contribution in [-0.4, -0.2) is 28.8 Å². The van der Waals surface area contributed by atoms with Gasteiger partial charge in [-0.25, -0.2) is 4.79 Å². The number of aliphatic hydroxyl groups excluding tert-OH is 1. The number of hydrogen-bond acceptors (Lipinski definition) is 3. The molecule has 0 spiro atoms. The van der Waals surface area contributed by atoms with E-state index in [2.05, 4.69) is 15.6 Å². The van der Waals surface area contributed by atoms with Crippen molar-refractivity contribution < 1.29 is 9.90 Å². The normalized spacial score (nSPS) is 30.4. The number of hydrogen-bond donors (Lipinski definition) is 3. The molecule has 3 rings (SSSR count). The lowest BCUT2D eigenvalue weighted by molar-refractivity contribution is 0.144. The first-order valence-corrected chi connectivity index (χ1v) is 7.75. The maximum atomic E-state index is 12.1. The summed E-state index contributed by atoms with van der Waals surface area (Å²) in [6, 6.07) is 5.74. The smallest absolute Gasteiger partial charge is 0.315 e. The Morgan fingerprint density at radius 1 is 1.38 bits per heavy atom. The summed E-state index contributed by atoms with van der Waals surface area (Å²) in [5.74, 6) is 1.35. The van der Waals surface area contributed by atoms with Gasteiger partial charge in [0.25, 0.3) is 0 Å². The quantitative estimate of drug-likeness (QED) is 0.788. The minimum Gasteiger partial charge on any atom is -0.396 e. The van der Waals surface area contributed by atoms with Crippen molar-refractivity contribution in [3.05, 3.63) is 29.6 Å². The Bertz CT molecular complexity index is 520. The number of nitrogens with zero attached hydrogens (tertiary/aromatic N) is 1. The Morgan fingerprint density at radius 3 is 2.95 bits per heavy atom.